The number of amides is 1. The van der Waals surface area contributed by atoms with Crippen LogP contribution < -0.4 is 16.4 Å². The van der Waals surface area contributed by atoms with Crippen LogP contribution in [-0.4, -0.2) is 25.0 Å². The Bertz CT molecular complexity index is 440. The van der Waals surface area contributed by atoms with Gasteiger partial charge >= 0.3 is 0 Å². The van der Waals surface area contributed by atoms with E-state index in [-0.39, 0.29) is 5.91 Å². The fourth-order valence-corrected chi connectivity index (χ4v) is 1.71. The molecule has 5 heteroatoms. The summed E-state index contributed by atoms with van der Waals surface area (Å²) in [5.41, 5.74) is 7.75. The second-order valence-electron chi connectivity index (χ2n) is 4.68. The number of hydrogen-bond acceptors (Lipinski definition) is 2. The molecule has 110 valence electrons. The SMILES string of the molecule is CCCCN=C(N)NCCc1ccc(NC(C)=O)cc1. The summed E-state index contributed by atoms with van der Waals surface area (Å²) in [6.45, 7) is 5.16. The molecule has 0 radical (unpaired) electrons. The van der Waals surface area contributed by atoms with Crippen molar-refractivity contribution < 1.29 is 4.79 Å². The highest BCUT2D eigenvalue weighted by atomic mass is 16.1. The van der Waals surface area contributed by atoms with E-state index in [1.54, 1.807) is 0 Å². The number of rotatable bonds is 7. The number of unbranched alkanes of at least 4 members (excludes halogenated alkanes) is 1. The van der Waals surface area contributed by atoms with E-state index < -0.39 is 0 Å². The van der Waals surface area contributed by atoms with Gasteiger partial charge in [0.15, 0.2) is 5.96 Å². The van der Waals surface area contributed by atoms with Crippen LogP contribution >= 0.6 is 0 Å². The second kappa shape index (κ2) is 8.96. The Balaban J connectivity index is 2.31. The van der Waals surface area contributed by atoms with Crippen LogP contribution in [0.25, 0.3) is 0 Å². The average Bonchev–Trinajstić information content (AvgIpc) is 2.40. The third-order valence-corrected chi connectivity index (χ3v) is 2.79. The van der Waals surface area contributed by atoms with E-state index in [0.717, 1.165) is 38.0 Å². The van der Waals surface area contributed by atoms with Gasteiger partial charge in [0.25, 0.3) is 0 Å². The first kappa shape index (κ1) is 16.0. The lowest BCUT2D eigenvalue weighted by Gasteiger charge is -2.07. The van der Waals surface area contributed by atoms with E-state index in [2.05, 4.69) is 22.5 Å². The van der Waals surface area contributed by atoms with Crippen molar-refractivity contribution in [2.75, 3.05) is 18.4 Å². The molecule has 0 aliphatic heterocycles. The Morgan fingerprint density at radius 2 is 2.00 bits per heavy atom. The van der Waals surface area contributed by atoms with Gasteiger partial charge < -0.3 is 16.4 Å². The maximum atomic E-state index is 10.9. The number of anilines is 1. The number of guanidine groups is 1. The van der Waals surface area contributed by atoms with Gasteiger partial charge in [-0.25, -0.2) is 0 Å². The molecular weight excluding hydrogens is 252 g/mol. The van der Waals surface area contributed by atoms with Crippen molar-refractivity contribution in [3.8, 4) is 0 Å². The maximum absolute atomic E-state index is 10.9. The average molecular weight is 276 g/mol. The molecule has 0 aliphatic rings. The van der Waals surface area contributed by atoms with Gasteiger partial charge in [-0.1, -0.05) is 25.5 Å². The third kappa shape index (κ3) is 6.78. The van der Waals surface area contributed by atoms with E-state index in [4.69, 9.17) is 5.73 Å². The quantitative estimate of drug-likeness (QED) is 0.404. The number of carbonyl (C=O) groups is 1. The first-order chi connectivity index (χ1) is 9.61. The van der Waals surface area contributed by atoms with Crippen LogP contribution in [0.1, 0.15) is 32.3 Å². The summed E-state index contributed by atoms with van der Waals surface area (Å²) in [5, 5.41) is 5.84. The van der Waals surface area contributed by atoms with Crippen molar-refractivity contribution in [1.82, 2.24) is 5.32 Å². The van der Waals surface area contributed by atoms with Gasteiger partial charge in [0, 0.05) is 25.7 Å². The third-order valence-electron chi connectivity index (χ3n) is 2.79. The molecule has 0 unspecified atom stereocenters. The molecule has 0 heterocycles. The zero-order chi connectivity index (χ0) is 14.8. The van der Waals surface area contributed by atoms with Crippen LogP contribution in [0.2, 0.25) is 0 Å². The van der Waals surface area contributed by atoms with E-state index in [9.17, 15) is 4.79 Å². The predicted molar refractivity (Wildman–Crippen MR) is 83.8 cm³/mol. The zero-order valence-electron chi connectivity index (χ0n) is 12.3. The number of hydrogen-bond donors (Lipinski definition) is 3. The molecule has 1 amide bonds. The van der Waals surface area contributed by atoms with E-state index in [1.807, 2.05) is 24.3 Å². The van der Waals surface area contributed by atoms with Crippen molar-refractivity contribution in [1.29, 1.82) is 0 Å². The summed E-state index contributed by atoms with van der Waals surface area (Å²) in [7, 11) is 0. The Hall–Kier alpha value is -2.04. The Kier molecular flexibility index (Phi) is 7.17. The topological polar surface area (TPSA) is 79.5 Å². The highest BCUT2D eigenvalue weighted by Gasteiger charge is 1.97. The summed E-state index contributed by atoms with van der Waals surface area (Å²) < 4.78 is 0. The molecule has 1 aromatic rings. The van der Waals surface area contributed by atoms with Crippen LogP contribution in [0.3, 0.4) is 0 Å². The molecule has 5 nitrogen and oxygen atoms in total. The van der Waals surface area contributed by atoms with Gasteiger partial charge in [-0.05, 0) is 30.5 Å². The lowest BCUT2D eigenvalue weighted by molar-refractivity contribution is -0.114. The van der Waals surface area contributed by atoms with Gasteiger partial charge in [-0.15, -0.1) is 0 Å². The minimum absolute atomic E-state index is 0.0597. The molecule has 0 atom stereocenters. The maximum Gasteiger partial charge on any atom is 0.221 e. The van der Waals surface area contributed by atoms with Crippen LogP contribution in [0.5, 0.6) is 0 Å². The molecule has 0 saturated carbocycles. The summed E-state index contributed by atoms with van der Waals surface area (Å²) in [6, 6.07) is 7.79. The second-order valence-corrected chi connectivity index (χ2v) is 4.68. The standard InChI is InChI=1S/C15H24N4O/c1-3-4-10-17-15(16)18-11-9-13-5-7-14(8-6-13)19-12(2)20/h5-8H,3-4,9-11H2,1-2H3,(H,19,20)(H3,16,17,18). The monoisotopic (exact) mass is 276 g/mol. The van der Waals surface area contributed by atoms with Crippen LogP contribution in [-0.2, 0) is 11.2 Å². The number of nitrogens with two attached hydrogens (primary N) is 1. The number of nitrogens with one attached hydrogen (secondary N) is 2. The molecule has 1 aromatic carbocycles. The molecule has 4 N–H and O–H groups in total. The summed E-state index contributed by atoms with van der Waals surface area (Å²) in [5.74, 6) is 0.448. The summed E-state index contributed by atoms with van der Waals surface area (Å²) in [6.07, 6.45) is 3.05. The molecule has 20 heavy (non-hydrogen) atoms. The molecule has 0 fully saturated rings. The van der Waals surface area contributed by atoms with E-state index >= 15 is 0 Å². The Morgan fingerprint density at radius 1 is 1.30 bits per heavy atom. The normalized spacial score (nSPS) is 11.2. The van der Waals surface area contributed by atoms with Gasteiger partial charge in [-0.3, -0.25) is 9.79 Å². The number of nitrogens with zero attached hydrogens (tertiary/aromatic N) is 1. The minimum atomic E-state index is -0.0597. The fraction of sp³-hybridized carbons (Fsp3) is 0.467. The molecule has 0 bridgehead atoms. The number of benzene rings is 1. The molecule has 1 rings (SSSR count). The van der Waals surface area contributed by atoms with Gasteiger partial charge in [-0.2, -0.15) is 0 Å². The molecule has 0 aliphatic carbocycles. The van der Waals surface area contributed by atoms with Crippen molar-refractivity contribution in [3.05, 3.63) is 29.8 Å². The van der Waals surface area contributed by atoms with E-state index in [0.29, 0.717) is 5.96 Å². The van der Waals surface area contributed by atoms with Gasteiger partial charge in [0.05, 0.1) is 0 Å². The zero-order valence-corrected chi connectivity index (χ0v) is 12.3. The lowest BCUT2D eigenvalue weighted by atomic mass is 10.1. The van der Waals surface area contributed by atoms with Crippen molar-refractivity contribution >= 4 is 17.6 Å². The van der Waals surface area contributed by atoms with Crippen LogP contribution in [0.15, 0.2) is 29.3 Å². The van der Waals surface area contributed by atoms with Crippen molar-refractivity contribution in [2.24, 2.45) is 10.7 Å². The van der Waals surface area contributed by atoms with Crippen LogP contribution in [0.4, 0.5) is 5.69 Å². The first-order valence-corrected chi connectivity index (χ1v) is 7.02. The van der Waals surface area contributed by atoms with Gasteiger partial charge in [0.1, 0.15) is 0 Å². The predicted octanol–water partition coefficient (Wildman–Crippen LogP) is 1.89. The number of aliphatic imine (C=N–C) groups is 1. The molecule has 0 aromatic heterocycles. The molecule has 0 saturated heterocycles. The minimum Gasteiger partial charge on any atom is -0.370 e. The fourth-order valence-electron chi connectivity index (χ4n) is 1.71. The highest BCUT2D eigenvalue weighted by molar-refractivity contribution is 5.88. The Morgan fingerprint density at radius 3 is 2.60 bits per heavy atom. The lowest BCUT2D eigenvalue weighted by Crippen LogP contribution is -2.33. The Labute approximate surface area is 120 Å². The highest BCUT2D eigenvalue weighted by Crippen LogP contribution is 2.09. The van der Waals surface area contributed by atoms with Crippen molar-refractivity contribution in [3.63, 3.8) is 0 Å². The van der Waals surface area contributed by atoms with E-state index in [1.165, 1.54) is 12.5 Å². The van der Waals surface area contributed by atoms with Crippen LogP contribution in [0, 0.1) is 0 Å². The summed E-state index contributed by atoms with van der Waals surface area (Å²) in [4.78, 5) is 15.1. The first-order valence-electron chi connectivity index (χ1n) is 7.02. The number of carbonyl (C=O) groups excluding carboxylic acids is 1. The summed E-state index contributed by atoms with van der Waals surface area (Å²) >= 11 is 0. The smallest absolute Gasteiger partial charge is 0.221 e. The molecular formula is C15H24N4O. The van der Waals surface area contributed by atoms with Gasteiger partial charge in [0.2, 0.25) is 5.91 Å². The largest absolute Gasteiger partial charge is 0.370 e. The van der Waals surface area contributed by atoms with Crippen molar-refractivity contribution in [2.45, 2.75) is 33.1 Å². The molecule has 0 spiro atoms.